The second-order valence-corrected chi connectivity index (χ2v) is 4.20. The van der Waals surface area contributed by atoms with Gasteiger partial charge in [-0.1, -0.05) is 15.9 Å². The molecule has 0 heterocycles. The van der Waals surface area contributed by atoms with E-state index in [-0.39, 0.29) is 17.9 Å². The van der Waals surface area contributed by atoms with E-state index in [0.29, 0.717) is 4.47 Å². The quantitative estimate of drug-likeness (QED) is 0.858. The number of primary amides is 1. The first-order valence-corrected chi connectivity index (χ1v) is 5.23. The molecule has 0 fully saturated rings. The van der Waals surface area contributed by atoms with E-state index < -0.39 is 11.8 Å². The molecule has 86 valence electrons. The minimum Gasteiger partial charge on any atom is -0.507 e. The molecule has 3 N–H and O–H groups in total. The van der Waals surface area contributed by atoms with Crippen LogP contribution in [0.5, 0.6) is 5.75 Å². The van der Waals surface area contributed by atoms with Crippen LogP contribution >= 0.6 is 15.9 Å². The van der Waals surface area contributed by atoms with E-state index in [1.165, 1.54) is 19.2 Å². The van der Waals surface area contributed by atoms with Crippen molar-refractivity contribution in [3.63, 3.8) is 0 Å². The fraction of sp³-hybridized carbons (Fsp3) is 0.200. The molecular weight excluding hydrogens is 276 g/mol. The number of nitrogens with zero attached hydrogens (tertiary/aromatic N) is 1. The van der Waals surface area contributed by atoms with Gasteiger partial charge in [0.15, 0.2) is 0 Å². The Bertz CT molecular complexity index is 434. The molecule has 0 atom stereocenters. The summed E-state index contributed by atoms with van der Waals surface area (Å²) < 4.78 is 0.668. The summed E-state index contributed by atoms with van der Waals surface area (Å²) in [5.41, 5.74) is 5.10. The zero-order chi connectivity index (χ0) is 12.3. The minimum atomic E-state index is -0.606. The Hall–Kier alpha value is -1.56. The van der Waals surface area contributed by atoms with E-state index in [4.69, 9.17) is 5.73 Å². The molecule has 2 amide bonds. The van der Waals surface area contributed by atoms with Crippen molar-refractivity contribution in [1.29, 1.82) is 0 Å². The summed E-state index contributed by atoms with van der Waals surface area (Å²) in [5.74, 6) is -1.20. The van der Waals surface area contributed by atoms with Gasteiger partial charge in [-0.3, -0.25) is 9.59 Å². The van der Waals surface area contributed by atoms with Gasteiger partial charge in [-0.05, 0) is 18.2 Å². The van der Waals surface area contributed by atoms with Gasteiger partial charge < -0.3 is 15.7 Å². The molecule has 0 aromatic heterocycles. The number of hydrogen-bond acceptors (Lipinski definition) is 3. The Labute approximate surface area is 101 Å². The van der Waals surface area contributed by atoms with Crippen LogP contribution in [-0.4, -0.2) is 35.4 Å². The van der Waals surface area contributed by atoms with Crippen LogP contribution < -0.4 is 5.73 Å². The van der Waals surface area contributed by atoms with Gasteiger partial charge in [0.25, 0.3) is 5.91 Å². The molecule has 1 aromatic rings. The zero-order valence-electron chi connectivity index (χ0n) is 8.61. The number of phenols is 1. The van der Waals surface area contributed by atoms with E-state index in [1.807, 2.05) is 0 Å². The Balaban J connectivity index is 2.95. The maximum atomic E-state index is 11.8. The van der Waals surface area contributed by atoms with Gasteiger partial charge in [0.2, 0.25) is 5.91 Å². The number of amides is 2. The van der Waals surface area contributed by atoms with Crippen LogP contribution in [0.25, 0.3) is 0 Å². The predicted octanol–water partition coefficient (Wildman–Crippen LogP) is 0.712. The van der Waals surface area contributed by atoms with Crippen LogP contribution in [0.3, 0.4) is 0 Å². The molecule has 0 saturated heterocycles. The number of carbonyl (C=O) groups is 2. The highest BCUT2D eigenvalue weighted by Gasteiger charge is 2.17. The molecular formula is C10H11BrN2O3. The van der Waals surface area contributed by atoms with Crippen LogP contribution in [-0.2, 0) is 4.79 Å². The predicted molar refractivity (Wildman–Crippen MR) is 62.0 cm³/mol. The van der Waals surface area contributed by atoms with Gasteiger partial charge in [0, 0.05) is 11.5 Å². The molecule has 16 heavy (non-hydrogen) atoms. The number of phenolic OH excluding ortho intramolecular Hbond substituents is 1. The number of carbonyl (C=O) groups excluding carboxylic acids is 2. The van der Waals surface area contributed by atoms with Gasteiger partial charge in [-0.15, -0.1) is 0 Å². The molecule has 0 spiro atoms. The van der Waals surface area contributed by atoms with Crippen molar-refractivity contribution in [1.82, 2.24) is 4.90 Å². The molecule has 0 aliphatic heterocycles. The second-order valence-electron chi connectivity index (χ2n) is 3.29. The average Bonchev–Trinajstić information content (AvgIpc) is 2.19. The van der Waals surface area contributed by atoms with Gasteiger partial charge in [-0.2, -0.15) is 0 Å². The Kier molecular flexibility index (Phi) is 3.89. The second kappa shape index (κ2) is 4.98. The number of nitrogens with two attached hydrogens (primary N) is 1. The molecule has 0 unspecified atom stereocenters. The Morgan fingerprint density at radius 1 is 1.50 bits per heavy atom. The summed E-state index contributed by atoms with van der Waals surface area (Å²) in [6.45, 7) is -0.190. The summed E-state index contributed by atoms with van der Waals surface area (Å²) >= 11 is 3.19. The third kappa shape index (κ3) is 2.96. The monoisotopic (exact) mass is 286 g/mol. The van der Waals surface area contributed by atoms with Crippen molar-refractivity contribution < 1.29 is 14.7 Å². The van der Waals surface area contributed by atoms with Gasteiger partial charge >= 0.3 is 0 Å². The molecule has 0 radical (unpaired) electrons. The number of benzene rings is 1. The molecule has 1 aromatic carbocycles. The first-order chi connectivity index (χ1) is 7.41. The summed E-state index contributed by atoms with van der Waals surface area (Å²) in [5, 5.41) is 9.50. The number of halogens is 1. The molecule has 0 saturated carbocycles. The highest BCUT2D eigenvalue weighted by atomic mass is 79.9. The Morgan fingerprint density at radius 3 is 2.69 bits per heavy atom. The minimum absolute atomic E-state index is 0.123. The van der Waals surface area contributed by atoms with E-state index in [2.05, 4.69) is 15.9 Å². The number of likely N-dealkylation sites (N-methyl/N-ethyl adjacent to an activating group) is 1. The fourth-order valence-corrected chi connectivity index (χ4v) is 1.55. The Morgan fingerprint density at radius 2 is 2.12 bits per heavy atom. The van der Waals surface area contributed by atoms with Crippen molar-refractivity contribution in [2.45, 2.75) is 0 Å². The van der Waals surface area contributed by atoms with Crippen molar-refractivity contribution in [3.05, 3.63) is 28.2 Å². The summed E-state index contributed by atoms with van der Waals surface area (Å²) in [4.78, 5) is 23.6. The highest BCUT2D eigenvalue weighted by molar-refractivity contribution is 9.10. The van der Waals surface area contributed by atoms with E-state index in [9.17, 15) is 14.7 Å². The molecule has 6 heteroatoms. The lowest BCUT2D eigenvalue weighted by Crippen LogP contribution is -2.35. The zero-order valence-corrected chi connectivity index (χ0v) is 10.2. The number of rotatable bonds is 3. The fourth-order valence-electron chi connectivity index (χ4n) is 1.19. The van der Waals surface area contributed by atoms with Crippen LogP contribution in [0.2, 0.25) is 0 Å². The maximum Gasteiger partial charge on any atom is 0.257 e. The van der Waals surface area contributed by atoms with Crippen molar-refractivity contribution in [2.75, 3.05) is 13.6 Å². The third-order valence-corrected chi connectivity index (χ3v) is 2.42. The summed E-state index contributed by atoms with van der Waals surface area (Å²) in [6, 6.07) is 4.49. The maximum absolute atomic E-state index is 11.8. The van der Waals surface area contributed by atoms with Crippen molar-refractivity contribution in [3.8, 4) is 5.75 Å². The molecule has 0 aliphatic carbocycles. The van der Waals surface area contributed by atoms with Crippen molar-refractivity contribution >= 4 is 27.7 Å². The van der Waals surface area contributed by atoms with Crippen LogP contribution in [0.1, 0.15) is 10.4 Å². The standard InChI is InChI=1S/C10H11BrN2O3/c1-13(5-9(12)15)10(16)7-4-6(11)2-3-8(7)14/h2-4,14H,5H2,1H3,(H2,12,15). The van der Waals surface area contributed by atoms with Crippen LogP contribution in [0.4, 0.5) is 0 Å². The SMILES string of the molecule is CN(CC(N)=O)C(=O)c1cc(Br)ccc1O. The smallest absolute Gasteiger partial charge is 0.257 e. The van der Waals surface area contributed by atoms with Crippen LogP contribution in [0.15, 0.2) is 22.7 Å². The first-order valence-electron chi connectivity index (χ1n) is 4.44. The van der Waals surface area contributed by atoms with E-state index in [0.717, 1.165) is 4.90 Å². The largest absolute Gasteiger partial charge is 0.507 e. The van der Waals surface area contributed by atoms with Crippen molar-refractivity contribution in [2.24, 2.45) is 5.73 Å². The lowest BCUT2D eigenvalue weighted by molar-refractivity contribution is -0.118. The summed E-state index contributed by atoms with van der Waals surface area (Å²) in [6.07, 6.45) is 0. The average molecular weight is 287 g/mol. The van der Waals surface area contributed by atoms with Crippen LogP contribution in [0, 0.1) is 0 Å². The van der Waals surface area contributed by atoms with Gasteiger partial charge in [0.05, 0.1) is 12.1 Å². The third-order valence-electron chi connectivity index (χ3n) is 1.93. The normalized spacial score (nSPS) is 9.88. The highest BCUT2D eigenvalue weighted by Crippen LogP contribution is 2.22. The molecule has 1 rings (SSSR count). The summed E-state index contributed by atoms with van der Waals surface area (Å²) in [7, 11) is 1.44. The molecule has 5 nitrogen and oxygen atoms in total. The number of aromatic hydroxyl groups is 1. The molecule has 0 aliphatic rings. The molecule has 0 bridgehead atoms. The van der Waals surface area contributed by atoms with Gasteiger partial charge in [0.1, 0.15) is 5.75 Å². The van der Waals surface area contributed by atoms with E-state index in [1.54, 1.807) is 6.07 Å². The first kappa shape index (κ1) is 12.5. The lowest BCUT2D eigenvalue weighted by Gasteiger charge is -2.15. The number of hydrogen-bond donors (Lipinski definition) is 2. The lowest BCUT2D eigenvalue weighted by atomic mass is 10.2. The van der Waals surface area contributed by atoms with Gasteiger partial charge in [-0.25, -0.2) is 0 Å². The topological polar surface area (TPSA) is 83.6 Å². The van der Waals surface area contributed by atoms with E-state index >= 15 is 0 Å².